The molecule has 0 saturated carbocycles. The third kappa shape index (κ3) is 4.65. The number of hydrogen-bond acceptors (Lipinski definition) is 4. The molecule has 1 N–H and O–H groups in total. The van der Waals surface area contributed by atoms with Crippen LogP contribution < -0.4 is 5.32 Å². The Morgan fingerprint density at radius 2 is 2.20 bits per heavy atom. The van der Waals surface area contributed by atoms with E-state index in [0.717, 1.165) is 6.54 Å². The van der Waals surface area contributed by atoms with Crippen molar-refractivity contribution in [2.45, 2.75) is 13.0 Å². The lowest BCUT2D eigenvalue weighted by Crippen LogP contribution is -2.52. The zero-order valence-electron chi connectivity index (χ0n) is 9.10. The summed E-state index contributed by atoms with van der Waals surface area (Å²) < 4.78 is 29.7. The molecule has 1 fully saturated rings. The molecule has 1 aliphatic rings. The fraction of sp³-hybridized carbons (Fsp3) is 1.00. The monoisotopic (exact) mass is 258 g/mol. The molecule has 1 heterocycles. The smallest absolute Gasteiger partial charge is 0.216 e. The first-order valence-electron chi connectivity index (χ1n) is 4.76. The van der Waals surface area contributed by atoms with Gasteiger partial charge >= 0.3 is 0 Å². The van der Waals surface area contributed by atoms with Crippen LogP contribution in [-0.4, -0.2) is 57.9 Å². The quantitative estimate of drug-likeness (QED) is 0.751. The Bertz CT molecular complexity index is 271. The number of hydrogen-bond donors (Lipinski definition) is 1. The van der Waals surface area contributed by atoms with E-state index in [2.05, 4.69) is 5.32 Å². The number of piperazine rings is 1. The zero-order chi connectivity index (χ0) is 10.6. The first kappa shape index (κ1) is 15.1. The van der Waals surface area contributed by atoms with Crippen LogP contribution in [0.15, 0.2) is 0 Å². The molecule has 15 heavy (non-hydrogen) atoms. The molecule has 0 bridgehead atoms. The number of rotatable bonds is 4. The highest BCUT2D eigenvalue weighted by atomic mass is 35.5. The Morgan fingerprint density at radius 3 is 2.73 bits per heavy atom. The van der Waals surface area contributed by atoms with Crippen LogP contribution in [0.3, 0.4) is 0 Å². The van der Waals surface area contributed by atoms with Crippen LogP contribution in [-0.2, 0) is 14.8 Å². The molecule has 0 unspecified atom stereocenters. The van der Waals surface area contributed by atoms with Gasteiger partial charge in [0, 0.05) is 32.8 Å². The molecule has 1 aliphatic heterocycles. The van der Waals surface area contributed by atoms with Crippen LogP contribution in [0.5, 0.6) is 0 Å². The van der Waals surface area contributed by atoms with Crippen molar-refractivity contribution in [2.24, 2.45) is 0 Å². The normalized spacial score (nSPS) is 23.5. The molecule has 1 rings (SSSR count). The molecule has 0 amide bonds. The number of halogens is 1. The molecule has 7 heteroatoms. The summed E-state index contributed by atoms with van der Waals surface area (Å²) in [5.41, 5.74) is 0. The molecule has 1 saturated heterocycles. The highest BCUT2D eigenvalue weighted by Gasteiger charge is 2.26. The van der Waals surface area contributed by atoms with E-state index in [1.165, 1.54) is 11.4 Å². The van der Waals surface area contributed by atoms with Gasteiger partial charge in [-0.3, -0.25) is 0 Å². The van der Waals surface area contributed by atoms with Crippen LogP contribution >= 0.6 is 12.4 Å². The average Bonchev–Trinajstić information content (AvgIpc) is 2.15. The minimum absolute atomic E-state index is 0. The van der Waals surface area contributed by atoms with Crippen molar-refractivity contribution in [3.05, 3.63) is 0 Å². The molecule has 92 valence electrons. The van der Waals surface area contributed by atoms with Gasteiger partial charge in [0.25, 0.3) is 0 Å². The summed E-state index contributed by atoms with van der Waals surface area (Å²) >= 11 is 0. The zero-order valence-corrected chi connectivity index (χ0v) is 10.7. The summed E-state index contributed by atoms with van der Waals surface area (Å²) in [7, 11) is -1.60. The summed E-state index contributed by atoms with van der Waals surface area (Å²) in [4.78, 5) is 0. The molecule has 5 nitrogen and oxygen atoms in total. The third-order valence-corrected chi connectivity index (χ3v) is 4.07. The SMILES string of the molecule is COCCS(=O)(=O)N1CCN[C@@H](C)C1.Cl. The molecule has 0 aromatic heterocycles. The Kier molecular flexibility index (Phi) is 6.70. The highest BCUT2D eigenvalue weighted by molar-refractivity contribution is 7.89. The van der Waals surface area contributed by atoms with E-state index in [1.807, 2.05) is 6.92 Å². The van der Waals surface area contributed by atoms with Gasteiger partial charge < -0.3 is 10.1 Å². The Morgan fingerprint density at radius 1 is 1.53 bits per heavy atom. The van der Waals surface area contributed by atoms with Crippen molar-refractivity contribution in [1.29, 1.82) is 0 Å². The second-order valence-electron chi connectivity index (χ2n) is 3.52. The van der Waals surface area contributed by atoms with E-state index in [0.29, 0.717) is 13.1 Å². The van der Waals surface area contributed by atoms with Gasteiger partial charge in [0.05, 0.1) is 12.4 Å². The second kappa shape index (κ2) is 6.65. The maximum Gasteiger partial charge on any atom is 0.216 e. The van der Waals surface area contributed by atoms with E-state index in [4.69, 9.17) is 4.74 Å². The van der Waals surface area contributed by atoms with Crippen molar-refractivity contribution in [3.8, 4) is 0 Å². The van der Waals surface area contributed by atoms with Crippen molar-refractivity contribution in [3.63, 3.8) is 0 Å². The van der Waals surface area contributed by atoms with Crippen molar-refractivity contribution in [1.82, 2.24) is 9.62 Å². The Balaban J connectivity index is 0.00000196. The lowest BCUT2D eigenvalue weighted by molar-refractivity contribution is 0.214. The van der Waals surface area contributed by atoms with Crippen LogP contribution in [0.2, 0.25) is 0 Å². The van der Waals surface area contributed by atoms with Gasteiger partial charge in [-0.1, -0.05) is 0 Å². The minimum Gasteiger partial charge on any atom is -0.384 e. The van der Waals surface area contributed by atoms with Crippen molar-refractivity contribution >= 4 is 22.4 Å². The van der Waals surface area contributed by atoms with Crippen LogP contribution in [0.25, 0.3) is 0 Å². The highest BCUT2D eigenvalue weighted by Crippen LogP contribution is 2.06. The van der Waals surface area contributed by atoms with Gasteiger partial charge in [-0.15, -0.1) is 12.4 Å². The molecule has 0 spiro atoms. The number of nitrogens with one attached hydrogen (secondary N) is 1. The van der Waals surface area contributed by atoms with Crippen LogP contribution in [0.1, 0.15) is 6.92 Å². The predicted octanol–water partition coefficient (Wildman–Crippen LogP) is -0.322. The van der Waals surface area contributed by atoms with E-state index in [9.17, 15) is 8.42 Å². The first-order chi connectivity index (χ1) is 6.56. The fourth-order valence-corrected chi connectivity index (χ4v) is 2.92. The average molecular weight is 259 g/mol. The van der Waals surface area contributed by atoms with Gasteiger partial charge in [0.15, 0.2) is 0 Å². The second-order valence-corrected chi connectivity index (χ2v) is 5.61. The maximum atomic E-state index is 11.7. The molecule has 1 atom stereocenters. The number of methoxy groups -OCH3 is 1. The van der Waals surface area contributed by atoms with Crippen molar-refractivity contribution in [2.75, 3.05) is 39.1 Å². The lowest BCUT2D eigenvalue weighted by atomic mass is 10.3. The van der Waals surface area contributed by atoms with E-state index in [-0.39, 0.29) is 30.8 Å². The van der Waals surface area contributed by atoms with E-state index in [1.54, 1.807) is 0 Å². The molecular weight excluding hydrogens is 240 g/mol. The summed E-state index contributed by atoms with van der Waals surface area (Å²) in [6.07, 6.45) is 0. The summed E-state index contributed by atoms with van der Waals surface area (Å²) in [6, 6.07) is 0.237. The first-order valence-corrected chi connectivity index (χ1v) is 6.37. The summed E-state index contributed by atoms with van der Waals surface area (Å²) in [6.45, 7) is 4.11. The Labute approximate surface area is 97.6 Å². The molecule has 0 aromatic carbocycles. The van der Waals surface area contributed by atoms with Gasteiger partial charge in [0.2, 0.25) is 10.0 Å². The third-order valence-electron chi connectivity index (χ3n) is 2.27. The topological polar surface area (TPSA) is 58.6 Å². The largest absolute Gasteiger partial charge is 0.384 e. The van der Waals surface area contributed by atoms with E-state index < -0.39 is 10.0 Å². The standard InChI is InChI=1S/C8H18N2O3S.ClH/c1-8-7-10(4-3-9-8)14(11,12)6-5-13-2;/h8-9H,3-7H2,1-2H3;1H/t8-;/m0./s1. The van der Waals surface area contributed by atoms with Crippen LogP contribution in [0.4, 0.5) is 0 Å². The van der Waals surface area contributed by atoms with Crippen molar-refractivity contribution < 1.29 is 13.2 Å². The number of nitrogens with zero attached hydrogens (tertiary/aromatic N) is 1. The predicted molar refractivity (Wildman–Crippen MR) is 61.9 cm³/mol. The van der Waals surface area contributed by atoms with E-state index >= 15 is 0 Å². The summed E-state index contributed by atoms with van der Waals surface area (Å²) in [5.74, 6) is 0.0796. The maximum absolute atomic E-state index is 11.7. The minimum atomic E-state index is -3.11. The van der Waals surface area contributed by atoms with Gasteiger partial charge in [-0.2, -0.15) is 4.31 Å². The van der Waals surface area contributed by atoms with Crippen LogP contribution in [0, 0.1) is 0 Å². The van der Waals surface area contributed by atoms with Gasteiger partial charge in [-0.05, 0) is 6.92 Å². The van der Waals surface area contributed by atoms with Gasteiger partial charge in [0.1, 0.15) is 0 Å². The summed E-state index contributed by atoms with van der Waals surface area (Å²) in [5, 5.41) is 3.20. The molecule has 0 aliphatic carbocycles. The molecular formula is C8H19ClN2O3S. The van der Waals surface area contributed by atoms with Gasteiger partial charge in [-0.25, -0.2) is 8.42 Å². The molecule has 0 aromatic rings. The lowest BCUT2D eigenvalue weighted by Gasteiger charge is -2.30. The fourth-order valence-electron chi connectivity index (χ4n) is 1.47. The Hall–Kier alpha value is 0.120. The molecule has 0 radical (unpaired) electrons. The number of ether oxygens (including phenoxy) is 1. The number of sulfonamides is 1.